The van der Waals surface area contributed by atoms with Gasteiger partial charge in [0.15, 0.2) is 0 Å². The summed E-state index contributed by atoms with van der Waals surface area (Å²) >= 11 is 0. The average Bonchev–Trinajstić information content (AvgIpc) is 3.20. The number of rotatable bonds is 5. The predicted octanol–water partition coefficient (Wildman–Crippen LogP) is 4.58. The van der Waals surface area contributed by atoms with Gasteiger partial charge in [-0.2, -0.15) is 0 Å². The zero-order valence-corrected chi connectivity index (χ0v) is 20.1. The van der Waals surface area contributed by atoms with E-state index in [9.17, 15) is 17.7 Å². The smallest absolute Gasteiger partial charge is 0.448 e. The second kappa shape index (κ2) is 9.54. The van der Waals surface area contributed by atoms with Crippen LogP contribution in [-0.4, -0.2) is 50.8 Å². The molecule has 0 atom stereocenters. The molecule has 0 aromatic heterocycles. The molecular weight excluding hydrogens is 466 g/mol. The van der Waals surface area contributed by atoms with Crippen molar-refractivity contribution in [3.63, 3.8) is 0 Å². The van der Waals surface area contributed by atoms with Crippen LogP contribution in [0.5, 0.6) is 0 Å². The van der Waals surface area contributed by atoms with E-state index >= 15 is 0 Å². The van der Waals surface area contributed by atoms with Crippen molar-refractivity contribution in [2.24, 2.45) is 5.73 Å². The molecule has 1 saturated heterocycles. The Kier molecular flexibility index (Phi) is 6.43. The first-order valence-electron chi connectivity index (χ1n) is 12.2. The summed E-state index contributed by atoms with van der Waals surface area (Å²) in [5.41, 5.74) is 10.9. The van der Waals surface area contributed by atoms with Crippen molar-refractivity contribution in [2.75, 3.05) is 37.7 Å². The fraction of sp³-hybridized carbons (Fsp3) is 0.296. The molecule has 2 aliphatic rings. The zero-order chi connectivity index (χ0) is 25.4. The molecule has 1 aliphatic carbocycles. The number of piperazine rings is 1. The number of fused-ring (bicyclic) bond motifs is 3. The lowest BCUT2D eigenvalue weighted by molar-refractivity contribution is 0.0977. The minimum absolute atomic E-state index is 0.0213. The third kappa shape index (κ3) is 4.43. The van der Waals surface area contributed by atoms with Crippen LogP contribution in [0, 0.1) is 6.92 Å². The highest BCUT2D eigenvalue weighted by Gasteiger charge is 2.32. The first kappa shape index (κ1) is 24.2. The summed E-state index contributed by atoms with van der Waals surface area (Å²) in [4.78, 5) is 16.4. The van der Waals surface area contributed by atoms with Crippen molar-refractivity contribution in [1.82, 2.24) is 4.90 Å². The Morgan fingerprint density at radius 2 is 1.56 bits per heavy atom. The van der Waals surface area contributed by atoms with Gasteiger partial charge in [-0.1, -0.05) is 60.2 Å². The van der Waals surface area contributed by atoms with Gasteiger partial charge >= 0.3 is 13.1 Å². The van der Waals surface area contributed by atoms with Crippen LogP contribution >= 0.6 is 0 Å². The number of amides is 1. The van der Waals surface area contributed by atoms with Crippen molar-refractivity contribution >= 4 is 24.2 Å². The number of nitrogens with zero attached hydrogens (tertiary/aromatic N) is 2. The summed E-state index contributed by atoms with van der Waals surface area (Å²) in [6.45, 7) is -1.79. The van der Waals surface area contributed by atoms with Crippen molar-refractivity contribution in [3.8, 4) is 11.1 Å². The number of nitrogens with two attached hydrogens (primary N) is 1. The van der Waals surface area contributed by atoms with E-state index in [1.807, 2.05) is 29.2 Å². The largest absolute Gasteiger partial charge is 0.509 e. The molecule has 5 rings (SSSR count). The minimum atomic E-state index is -5.14. The van der Waals surface area contributed by atoms with E-state index in [4.69, 9.17) is 10.5 Å². The van der Waals surface area contributed by atoms with Gasteiger partial charge in [-0.25, -0.2) is 4.79 Å². The molecule has 3 aromatic carbocycles. The van der Waals surface area contributed by atoms with E-state index in [2.05, 4.69) is 24.3 Å². The third-order valence-electron chi connectivity index (χ3n) is 7.28. The Bertz CT molecular complexity index is 1240. The first-order chi connectivity index (χ1) is 17.3. The van der Waals surface area contributed by atoms with E-state index in [0.29, 0.717) is 37.4 Å². The van der Waals surface area contributed by atoms with Crippen LogP contribution in [0.2, 0.25) is 0 Å². The average molecular weight is 494 g/mol. The molecule has 188 valence electrons. The molecule has 0 radical (unpaired) electrons. The van der Waals surface area contributed by atoms with Crippen LogP contribution in [0.3, 0.4) is 0 Å². The van der Waals surface area contributed by atoms with Gasteiger partial charge in [-0.05, 0) is 40.8 Å². The molecule has 0 saturated carbocycles. The lowest BCUT2D eigenvalue weighted by Gasteiger charge is -2.37. The maximum absolute atomic E-state index is 13.6. The minimum Gasteiger partial charge on any atom is -0.448 e. The highest BCUT2D eigenvalue weighted by molar-refractivity contribution is 6.74. The number of carbonyl (C=O) groups is 1. The van der Waals surface area contributed by atoms with Crippen molar-refractivity contribution in [3.05, 3.63) is 82.9 Å². The van der Waals surface area contributed by atoms with Gasteiger partial charge < -0.3 is 33.2 Å². The number of hydrogen-bond donors (Lipinski definition) is 1. The molecule has 1 heterocycles. The van der Waals surface area contributed by atoms with E-state index in [0.717, 1.165) is 28.3 Å². The lowest BCUT2D eigenvalue weighted by atomic mass is 9.75. The Labute approximate surface area is 208 Å². The monoisotopic (exact) mass is 494 g/mol. The summed E-state index contributed by atoms with van der Waals surface area (Å²) in [5, 5.41) is 0. The quantitative estimate of drug-likeness (QED) is 0.528. The number of anilines is 1. The van der Waals surface area contributed by atoms with Crippen LogP contribution in [0.1, 0.15) is 28.2 Å². The van der Waals surface area contributed by atoms with E-state index in [1.165, 1.54) is 6.92 Å². The number of ether oxygens (including phenoxy) is 1. The first-order valence-corrected chi connectivity index (χ1v) is 12.2. The van der Waals surface area contributed by atoms with E-state index < -0.39 is 18.5 Å². The second-order valence-electron chi connectivity index (χ2n) is 9.39. The Hall–Kier alpha value is -3.46. The normalized spacial score (nSPS) is 15.6. The summed E-state index contributed by atoms with van der Waals surface area (Å²) < 4.78 is 46.6. The number of hydrogen-bond acceptors (Lipinski definition) is 4. The van der Waals surface area contributed by atoms with Crippen molar-refractivity contribution in [1.29, 1.82) is 0 Å². The van der Waals surface area contributed by atoms with Gasteiger partial charge in [0.2, 0.25) is 0 Å². The number of halogens is 3. The fourth-order valence-electron chi connectivity index (χ4n) is 5.38. The Balaban J connectivity index is 1.25. The van der Waals surface area contributed by atoms with Crippen LogP contribution in [0.15, 0.2) is 60.7 Å². The molecule has 9 heteroatoms. The van der Waals surface area contributed by atoms with Crippen LogP contribution in [0.4, 0.5) is 23.4 Å². The van der Waals surface area contributed by atoms with Gasteiger partial charge in [-0.3, -0.25) is 0 Å². The van der Waals surface area contributed by atoms with Crippen molar-refractivity contribution in [2.45, 2.75) is 19.4 Å². The molecule has 1 amide bonds. The summed E-state index contributed by atoms with van der Waals surface area (Å²) in [6, 6.07) is 19.2. The lowest BCUT2D eigenvalue weighted by Crippen LogP contribution is -2.50. The molecule has 1 aliphatic heterocycles. The van der Waals surface area contributed by atoms with Gasteiger partial charge in [0.1, 0.15) is 6.61 Å². The topological polar surface area (TPSA) is 58.8 Å². The van der Waals surface area contributed by atoms with Gasteiger partial charge in [0, 0.05) is 44.3 Å². The Morgan fingerprint density at radius 3 is 2.11 bits per heavy atom. The highest BCUT2D eigenvalue weighted by Crippen LogP contribution is 2.44. The molecule has 0 spiro atoms. The predicted molar refractivity (Wildman–Crippen MR) is 137 cm³/mol. The van der Waals surface area contributed by atoms with Gasteiger partial charge in [0.25, 0.3) is 0 Å². The van der Waals surface area contributed by atoms with Gasteiger partial charge in [-0.15, -0.1) is 5.46 Å². The van der Waals surface area contributed by atoms with Crippen LogP contribution in [0.25, 0.3) is 11.1 Å². The highest BCUT2D eigenvalue weighted by atomic mass is 19.4. The maximum Gasteiger partial charge on any atom is 0.509 e. The number of benzene rings is 3. The maximum atomic E-state index is 13.6. The molecule has 5 nitrogen and oxygen atoms in total. The van der Waals surface area contributed by atoms with E-state index in [-0.39, 0.29) is 24.6 Å². The third-order valence-corrected chi connectivity index (χ3v) is 7.28. The molecule has 0 unspecified atom stereocenters. The molecule has 0 bridgehead atoms. The molecule has 36 heavy (non-hydrogen) atoms. The number of carbonyl (C=O) groups excluding carboxylic acids is 1. The van der Waals surface area contributed by atoms with E-state index in [1.54, 1.807) is 11.0 Å². The Morgan fingerprint density at radius 1 is 0.972 bits per heavy atom. The van der Waals surface area contributed by atoms with Crippen LogP contribution < -0.4 is 16.1 Å². The second-order valence-corrected chi connectivity index (χ2v) is 9.39. The summed E-state index contributed by atoms with van der Waals surface area (Å²) in [6.07, 6.45) is -0.400. The molecular formula is C27H28BF3N3O2-. The molecule has 3 aromatic rings. The zero-order valence-electron chi connectivity index (χ0n) is 20.1. The summed E-state index contributed by atoms with van der Waals surface area (Å²) in [5.74, 6) is -0.0213. The standard InChI is InChI=1S/C27H28BF3N3O2/c1-18-25(28(29,30)31)14-19(16-32)15-26(18)33-10-12-34(13-11-33)27(35)36-17-24-22-8-4-2-6-20(22)21-7-3-5-9-23(21)24/h2-9,14-15,24H,10-13,16-17,32H2,1H3/q-1. The summed E-state index contributed by atoms with van der Waals surface area (Å²) in [7, 11) is 0. The molecule has 2 N–H and O–H groups in total. The fourth-order valence-corrected chi connectivity index (χ4v) is 5.38. The van der Waals surface area contributed by atoms with Crippen molar-refractivity contribution < 1.29 is 22.5 Å². The SMILES string of the molecule is Cc1c(N2CCN(C(=O)OCC3c4ccccc4-c4ccccc43)CC2)cc(CN)cc1[B-](F)(F)F. The molecule has 1 fully saturated rings. The van der Waals surface area contributed by atoms with Gasteiger partial charge in [0.05, 0.1) is 0 Å². The van der Waals surface area contributed by atoms with Crippen LogP contribution in [-0.2, 0) is 11.3 Å².